The number of nitrogens with zero attached hydrogens (tertiary/aromatic N) is 3. The van der Waals surface area contributed by atoms with Gasteiger partial charge in [-0.3, -0.25) is 0 Å². The van der Waals surface area contributed by atoms with Gasteiger partial charge in [-0.25, -0.2) is 0 Å². The molecule has 0 atom stereocenters. The Bertz CT molecular complexity index is 686. The van der Waals surface area contributed by atoms with E-state index in [0.29, 0.717) is 0 Å². The predicted octanol–water partition coefficient (Wildman–Crippen LogP) is 1.43. The molecule has 0 N–H and O–H groups in total. The highest BCUT2D eigenvalue weighted by Gasteiger charge is 2.00. The molecule has 3 heteroatoms. The normalized spacial score (nSPS) is 9.83. The van der Waals surface area contributed by atoms with E-state index in [9.17, 15) is 0 Å². The fourth-order valence-corrected chi connectivity index (χ4v) is 1.62. The molecule has 2 aromatic heterocycles. The molecule has 0 aliphatic heterocycles. The summed E-state index contributed by atoms with van der Waals surface area (Å²) in [6.45, 7) is 8.02. The van der Waals surface area contributed by atoms with E-state index in [2.05, 4.69) is 23.4 Å². The summed E-state index contributed by atoms with van der Waals surface area (Å²) in [4.78, 5) is 0. The summed E-state index contributed by atoms with van der Waals surface area (Å²) in [6, 6.07) is 13.5. The van der Waals surface area contributed by atoms with Crippen LogP contribution in [0.2, 0.25) is 0 Å². The lowest BCUT2D eigenvalue weighted by Gasteiger charge is -2.05. The highest BCUT2D eigenvalue weighted by molar-refractivity contribution is 5.53. The van der Waals surface area contributed by atoms with Crippen LogP contribution in [0.5, 0.6) is 0 Å². The van der Waals surface area contributed by atoms with Gasteiger partial charge in [0.1, 0.15) is 5.69 Å². The van der Waals surface area contributed by atoms with Crippen LogP contribution in [0.1, 0.15) is 0 Å². The van der Waals surface area contributed by atoms with Crippen molar-refractivity contribution < 1.29 is 0 Å². The Hall–Kier alpha value is -2.42. The molecule has 0 aromatic carbocycles. The standard InChI is InChI=1S/C15H15N3/c1-12-7-4-5-8-13(2)18(3)15(11-12)14-9-6-10-16-17-14/h4-11H,1-2H2,3H3. The van der Waals surface area contributed by atoms with Crippen molar-refractivity contribution in [2.24, 2.45) is 7.05 Å². The number of hydrogen-bond acceptors (Lipinski definition) is 2. The Labute approximate surface area is 106 Å². The molecule has 0 fully saturated rings. The second-order valence-electron chi connectivity index (χ2n) is 3.98. The minimum absolute atomic E-state index is 0.797. The summed E-state index contributed by atoms with van der Waals surface area (Å²) in [7, 11) is 1.95. The van der Waals surface area contributed by atoms with Crippen LogP contribution in [0, 0.1) is 0 Å². The molecule has 0 radical (unpaired) electrons. The maximum absolute atomic E-state index is 4.13. The number of rotatable bonds is 1. The fourth-order valence-electron chi connectivity index (χ4n) is 1.62. The van der Waals surface area contributed by atoms with Crippen LogP contribution in [0.4, 0.5) is 0 Å². The van der Waals surface area contributed by atoms with Crippen LogP contribution in [-0.4, -0.2) is 14.8 Å². The van der Waals surface area contributed by atoms with E-state index in [1.165, 1.54) is 0 Å². The summed E-state index contributed by atoms with van der Waals surface area (Å²) in [6.07, 6.45) is 1.66. The van der Waals surface area contributed by atoms with Crippen molar-refractivity contribution in [2.75, 3.05) is 0 Å². The SMILES string of the molecule is C=c1ccccc(=C)n(C)c(-c2cccnn2)c1. The van der Waals surface area contributed by atoms with E-state index in [4.69, 9.17) is 0 Å². The third-order valence-electron chi connectivity index (χ3n) is 2.66. The molecular weight excluding hydrogens is 222 g/mol. The van der Waals surface area contributed by atoms with Gasteiger partial charge in [0.25, 0.3) is 0 Å². The largest absolute Gasteiger partial charge is 0.343 e. The fraction of sp³-hybridized carbons (Fsp3) is 0.0667. The van der Waals surface area contributed by atoms with Crippen LogP contribution in [-0.2, 0) is 7.05 Å². The summed E-state index contributed by atoms with van der Waals surface area (Å²) in [5.41, 5.74) is 1.72. The van der Waals surface area contributed by atoms with Crippen molar-refractivity contribution in [3.05, 3.63) is 59.2 Å². The van der Waals surface area contributed by atoms with E-state index in [-0.39, 0.29) is 0 Å². The molecule has 90 valence electrons. The van der Waals surface area contributed by atoms with Crippen LogP contribution >= 0.6 is 0 Å². The third kappa shape index (κ3) is 2.63. The van der Waals surface area contributed by atoms with Crippen molar-refractivity contribution in [2.45, 2.75) is 0 Å². The van der Waals surface area contributed by atoms with Crippen molar-refractivity contribution in [3.8, 4) is 11.4 Å². The molecule has 0 amide bonds. The first-order chi connectivity index (χ1) is 8.68. The van der Waals surface area contributed by atoms with Gasteiger partial charge in [-0.2, -0.15) is 5.10 Å². The van der Waals surface area contributed by atoms with Gasteiger partial charge in [0, 0.05) is 18.6 Å². The molecule has 2 aromatic rings. The molecule has 2 rings (SSSR count). The average molecular weight is 237 g/mol. The quantitative estimate of drug-likeness (QED) is 0.751. The molecular formula is C15H15N3. The van der Waals surface area contributed by atoms with Crippen molar-refractivity contribution >= 4 is 13.2 Å². The average Bonchev–Trinajstić information content (AvgIpc) is 2.45. The summed E-state index contributed by atoms with van der Waals surface area (Å²) >= 11 is 0. The topological polar surface area (TPSA) is 30.7 Å². The Morgan fingerprint density at radius 3 is 2.56 bits per heavy atom. The second kappa shape index (κ2) is 5.27. The molecule has 0 aliphatic rings. The molecule has 0 unspecified atom stereocenters. The third-order valence-corrected chi connectivity index (χ3v) is 2.66. The molecule has 3 nitrogen and oxygen atoms in total. The first kappa shape index (κ1) is 12.0. The summed E-state index contributed by atoms with van der Waals surface area (Å²) < 4.78 is 1.97. The lowest BCUT2D eigenvalue weighted by Crippen LogP contribution is -2.15. The number of aromatic nitrogens is 3. The van der Waals surface area contributed by atoms with Gasteiger partial charge in [0.05, 0.1) is 5.69 Å². The zero-order valence-electron chi connectivity index (χ0n) is 10.4. The van der Waals surface area contributed by atoms with Crippen molar-refractivity contribution in [1.82, 2.24) is 14.8 Å². The van der Waals surface area contributed by atoms with Gasteiger partial charge in [0.15, 0.2) is 0 Å². The predicted molar refractivity (Wildman–Crippen MR) is 74.4 cm³/mol. The minimum Gasteiger partial charge on any atom is -0.343 e. The van der Waals surface area contributed by atoms with E-state index >= 15 is 0 Å². The highest BCUT2D eigenvalue weighted by Crippen LogP contribution is 2.09. The second-order valence-corrected chi connectivity index (χ2v) is 3.98. The maximum atomic E-state index is 4.13. The van der Waals surface area contributed by atoms with Crippen LogP contribution in [0.15, 0.2) is 48.7 Å². The van der Waals surface area contributed by atoms with Gasteiger partial charge < -0.3 is 4.57 Å². The van der Waals surface area contributed by atoms with Crippen LogP contribution in [0.3, 0.4) is 0 Å². The molecule has 0 bridgehead atoms. The van der Waals surface area contributed by atoms with E-state index in [1.54, 1.807) is 6.20 Å². The Morgan fingerprint density at radius 1 is 1.06 bits per heavy atom. The highest BCUT2D eigenvalue weighted by atomic mass is 15.1. The van der Waals surface area contributed by atoms with Gasteiger partial charge in [-0.1, -0.05) is 31.4 Å². The lowest BCUT2D eigenvalue weighted by molar-refractivity contribution is 0.872. The van der Waals surface area contributed by atoms with Gasteiger partial charge >= 0.3 is 0 Å². The lowest BCUT2D eigenvalue weighted by atomic mass is 10.2. The molecule has 0 aliphatic carbocycles. The molecule has 2 heterocycles. The molecule has 0 saturated carbocycles. The first-order valence-electron chi connectivity index (χ1n) is 5.64. The van der Waals surface area contributed by atoms with Gasteiger partial charge in [-0.05, 0) is 29.5 Å². The molecule has 0 spiro atoms. The van der Waals surface area contributed by atoms with Crippen LogP contribution in [0.25, 0.3) is 24.5 Å². The summed E-state index contributed by atoms with van der Waals surface area (Å²) in [5, 5.41) is 9.83. The minimum atomic E-state index is 0.797. The number of hydrogen-bond donors (Lipinski definition) is 0. The van der Waals surface area contributed by atoms with Gasteiger partial charge in [-0.15, -0.1) is 5.10 Å². The smallest absolute Gasteiger partial charge is 0.109 e. The summed E-state index contributed by atoms with van der Waals surface area (Å²) in [5.74, 6) is 0. The zero-order valence-corrected chi connectivity index (χ0v) is 10.4. The Kier molecular flexibility index (Phi) is 3.53. The first-order valence-corrected chi connectivity index (χ1v) is 5.64. The monoisotopic (exact) mass is 237 g/mol. The molecule has 0 saturated heterocycles. The van der Waals surface area contributed by atoms with E-state index in [0.717, 1.165) is 22.0 Å². The molecule has 18 heavy (non-hydrogen) atoms. The van der Waals surface area contributed by atoms with Crippen LogP contribution < -0.4 is 10.6 Å². The Morgan fingerprint density at radius 2 is 1.83 bits per heavy atom. The maximum Gasteiger partial charge on any atom is 0.109 e. The Balaban J connectivity index is 2.87. The zero-order chi connectivity index (χ0) is 13.0. The van der Waals surface area contributed by atoms with Crippen molar-refractivity contribution in [3.63, 3.8) is 0 Å². The van der Waals surface area contributed by atoms with E-state index < -0.39 is 0 Å². The van der Waals surface area contributed by atoms with Gasteiger partial charge in [0.2, 0.25) is 0 Å². The van der Waals surface area contributed by atoms with E-state index in [1.807, 2.05) is 54.1 Å². The van der Waals surface area contributed by atoms with Crippen molar-refractivity contribution in [1.29, 1.82) is 0 Å².